The van der Waals surface area contributed by atoms with Crippen LogP contribution in [0.4, 0.5) is 5.13 Å². The number of halogens is 1. The van der Waals surface area contributed by atoms with Crippen LogP contribution >= 0.6 is 22.9 Å². The second-order valence-corrected chi connectivity index (χ2v) is 9.55. The fourth-order valence-electron chi connectivity index (χ4n) is 3.04. The van der Waals surface area contributed by atoms with E-state index in [-0.39, 0.29) is 17.5 Å². The van der Waals surface area contributed by atoms with E-state index < -0.39 is 5.54 Å². The van der Waals surface area contributed by atoms with E-state index in [1.807, 2.05) is 32.9 Å². The number of hydrogen-bond donors (Lipinski definition) is 2. The molecule has 0 radical (unpaired) electrons. The topological polar surface area (TPSA) is 102 Å². The molecule has 10 heteroatoms. The van der Waals surface area contributed by atoms with Crippen molar-refractivity contribution in [1.82, 2.24) is 25.1 Å². The highest BCUT2D eigenvalue weighted by atomic mass is 35.5. The Morgan fingerprint density at radius 1 is 1.16 bits per heavy atom. The number of hydrogen-bond acceptors (Lipinski definition) is 6. The Morgan fingerprint density at radius 2 is 1.97 bits per heavy atom. The van der Waals surface area contributed by atoms with Crippen LogP contribution in [-0.4, -0.2) is 31.6 Å². The molecule has 0 fully saturated rings. The number of pyridine rings is 1. The first-order chi connectivity index (χ1) is 15.2. The standard InChI is InChI=1S/C22H21ClN6O2S/c1-22(2,3)29-18-17(16(28-29)20(31)25-12-13-6-5-9-24-11-13)32-21(26-18)27-19(30)14-7-4-8-15(23)10-14/h4-11H,12H2,1-3H3,(H,25,31)(H,26,27,30). The molecule has 0 bridgehead atoms. The quantitative estimate of drug-likeness (QED) is 0.449. The summed E-state index contributed by atoms with van der Waals surface area (Å²) in [4.78, 5) is 34.2. The van der Waals surface area contributed by atoms with Crippen molar-refractivity contribution < 1.29 is 9.59 Å². The smallest absolute Gasteiger partial charge is 0.273 e. The highest BCUT2D eigenvalue weighted by molar-refractivity contribution is 7.22. The first-order valence-corrected chi connectivity index (χ1v) is 11.1. The van der Waals surface area contributed by atoms with E-state index in [2.05, 4.69) is 25.7 Å². The van der Waals surface area contributed by atoms with E-state index in [1.54, 1.807) is 41.3 Å². The molecule has 8 nitrogen and oxygen atoms in total. The van der Waals surface area contributed by atoms with Crippen molar-refractivity contribution in [3.8, 4) is 0 Å². The summed E-state index contributed by atoms with van der Waals surface area (Å²) in [5.74, 6) is -0.653. The number of thiazole rings is 1. The number of benzene rings is 1. The second-order valence-electron chi connectivity index (χ2n) is 8.11. The van der Waals surface area contributed by atoms with Gasteiger partial charge in [0.25, 0.3) is 11.8 Å². The molecule has 0 saturated heterocycles. The molecular weight excluding hydrogens is 448 g/mol. The number of anilines is 1. The predicted octanol–water partition coefficient (Wildman–Crippen LogP) is 4.48. The zero-order valence-corrected chi connectivity index (χ0v) is 19.3. The number of carbonyl (C=O) groups is 2. The molecule has 4 aromatic rings. The molecule has 3 heterocycles. The van der Waals surface area contributed by atoms with Crippen LogP contribution in [-0.2, 0) is 12.1 Å². The van der Waals surface area contributed by atoms with Crippen LogP contribution in [0.15, 0.2) is 48.8 Å². The summed E-state index contributed by atoms with van der Waals surface area (Å²) in [6, 6.07) is 10.3. The van der Waals surface area contributed by atoms with Gasteiger partial charge in [-0.15, -0.1) is 0 Å². The molecule has 0 unspecified atom stereocenters. The summed E-state index contributed by atoms with van der Waals surface area (Å²) in [6.07, 6.45) is 3.37. The van der Waals surface area contributed by atoms with Crippen molar-refractivity contribution >= 4 is 50.2 Å². The van der Waals surface area contributed by atoms with E-state index >= 15 is 0 Å². The maximum atomic E-state index is 12.9. The third-order valence-electron chi connectivity index (χ3n) is 4.56. The fraction of sp³-hybridized carbons (Fsp3) is 0.227. The van der Waals surface area contributed by atoms with E-state index in [0.29, 0.717) is 32.6 Å². The monoisotopic (exact) mass is 468 g/mol. The minimum atomic E-state index is -0.414. The normalized spacial score (nSPS) is 11.5. The summed E-state index contributed by atoms with van der Waals surface area (Å²) < 4.78 is 2.30. The Kier molecular flexibility index (Phi) is 5.94. The van der Waals surface area contributed by atoms with Crippen LogP contribution in [0.3, 0.4) is 0 Å². The lowest BCUT2D eigenvalue weighted by Gasteiger charge is -2.19. The summed E-state index contributed by atoms with van der Waals surface area (Å²) >= 11 is 7.19. The van der Waals surface area contributed by atoms with Gasteiger partial charge in [-0.1, -0.05) is 35.1 Å². The van der Waals surface area contributed by atoms with Gasteiger partial charge in [-0.05, 0) is 50.6 Å². The SMILES string of the molecule is CC(C)(C)n1nc(C(=O)NCc2cccnc2)c2sc(NC(=O)c3cccc(Cl)c3)nc21. The van der Waals surface area contributed by atoms with E-state index in [4.69, 9.17) is 11.6 Å². The molecule has 2 amide bonds. The largest absolute Gasteiger partial charge is 0.346 e. The minimum absolute atomic E-state index is 0.263. The lowest BCUT2D eigenvalue weighted by Crippen LogP contribution is -2.26. The first-order valence-electron chi connectivity index (χ1n) is 9.86. The first kappa shape index (κ1) is 21.9. The molecule has 0 spiro atoms. The number of carbonyl (C=O) groups excluding carboxylic acids is 2. The number of amides is 2. The Hall–Kier alpha value is -3.30. The number of nitrogens with one attached hydrogen (secondary N) is 2. The number of fused-ring (bicyclic) bond motifs is 1. The Labute approximate surface area is 193 Å². The van der Waals surface area contributed by atoms with Gasteiger partial charge >= 0.3 is 0 Å². The third kappa shape index (κ3) is 4.63. The van der Waals surface area contributed by atoms with Gasteiger partial charge in [0.1, 0.15) is 4.70 Å². The van der Waals surface area contributed by atoms with Crippen LogP contribution in [0.5, 0.6) is 0 Å². The summed E-state index contributed by atoms with van der Waals surface area (Å²) in [5.41, 5.74) is 1.69. The van der Waals surface area contributed by atoms with Crippen LogP contribution in [0.25, 0.3) is 10.3 Å². The molecule has 0 aliphatic carbocycles. The number of aromatic nitrogens is 4. The summed E-state index contributed by atoms with van der Waals surface area (Å²) in [5, 5.41) is 11.0. The second kappa shape index (κ2) is 8.68. The van der Waals surface area contributed by atoms with Gasteiger partial charge in [0.2, 0.25) is 0 Å². The summed E-state index contributed by atoms with van der Waals surface area (Å²) in [7, 11) is 0. The number of rotatable bonds is 5. The molecule has 0 atom stereocenters. The third-order valence-corrected chi connectivity index (χ3v) is 5.76. The Morgan fingerprint density at radius 3 is 2.66 bits per heavy atom. The van der Waals surface area contributed by atoms with Gasteiger partial charge in [0, 0.05) is 29.5 Å². The van der Waals surface area contributed by atoms with E-state index in [1.165, 1.54) is 11.3 Å². The van der Waals surface area contributed by atoms with Gasteiger partial charge in [0.05, 0.1) is 5.54 Å². The highest BCUT2D eigenvalue weighted by Gasteiger charge is 2.27. The van der Waals surface area contributed by atoms with Crippen LogP contribution in [0.2, 0.25) is 5.02 Å². The maximum Gasteiger partial charge on any atom is 0.273 e. The highest BCUT2D eigenvalue weighted by Crippen LogP contribution is 2.32. The van der Waals surface area contributed by atoms with E-state index in [9.17, 15) is 9.59 Å². The van der Waals surface area contributed by atoms with Crippen LogP contribution in [0.1, 0.15) is 47.2 Å². The zero-order chi connectivity index (χ0) is 22.9. The molecule has 0 aliphatic heterocycles. The lowest BCUT2D eigenvalue weighted by molar-refractivity contribution is 0.0945. The van der Waals surface area contributed by atoms with Gasteiger partial charge in [-0.25, -0.2) is 4.68 Å². The lowest BCUT2D eigenvalue weighted by atomic mass is 10.1. The molecule has 32 heavy (non-hydrogen) atoms. The molecule has 2 N–H and O–H groups in total. The van der Waals surface area contributed by atoms with Gasteiger partial charge in [-0.3, -0.25) is 19.9 Å². The van der Waals surface area contributed by atoms with Crippen molar-refractivity contribution in [1.29, 1.82) is 0 Å². The number of nitrogens with zero attached hydrogens (tertiary/aromatic N) is 4. The van der Waals surface area contributed by atoms with Crippen LogP contribution < -0.4 is 10.6 Å². The van der Waals surface area contributed by atoms with Gasteiger partial charge in [0.15, 0.2) is 16.5 Å². The molecule has 0 saturated carbocycles. The minimum Gasteiger partial charge on any atom is -0.346 e. The average molecular weight is 469 g/mol. The Balaban J connectivity index is 1.63. The van der Waals surface area contributed by atoms with Crippen LogP contribution in [0, 0.1) is 0 Å². The molecule has 3 aromatic heterocycles. The summed E-state index contributed by atoms with van der Waals surface area (Å²) in [6.45, 7) is 6.24. The zero-order valence-electron chi connectivity index (χ0n) is 17.7. The van der Waals surface area contributed by atoms with Crippen molar-refractivity contribution in [2.45, 2.75) is 32.9 Å². The molecular formula is C22H21ClN6O2S. The van der Waals surface area contributed by atoms with Gasteiger partial charge in [-0.2, -0.15) is 10.1 Å². The maximum absolute atomic E-state index is 12.9. The van der Waals surface area contributed by atoms with E-state index in [0.717, 1.165) is 5.56 Å². The van der Waals surface area contributed by atoms with Crippen molar-refractivity contribution in [2.75, 3.05) is 5.32 Å². The average Bonchev–Trinajstić information content (AvgIpc) is 3.31. The predicted molar refractivity (Wildman–Crippen MR) is 125 cm³/mol. The van der Waals surface area contributed by atoms with Crippen molar-refractivity contribution in [3.63, 3.8) is 0 Å². The molecule has 1 aromatic carbocycles. The molecule has 4 rings (SSSR count). The Bertz CT molecular complexity index is 1290. The van der Waals surface area contributed by atoms with Crippen molar-refractivity contribution in [3.05, 3.63) is 70.6 Å². The van der Waals surface area contributed by atoms with Gasteiger partial charge < -0.3 is 5.32 Å². The fourth-order valence-corrected chi connectivity index (χ4v) is 4.15. The molecule has 0 aliphatic rings. The molecule has 164 valence electrons. The van der Waals surface area contributed by atoms with Crippen molar-refractivity contribution in [2.24, 2.45) is 0 Å².